The maximum Gasteiger partial charge on any atom is 0.231 e. The number of amides is 1. The van der Waals surface area contributed by atoms with Gasteiger partial charge in [0.05, 0.1) is 25.2 Å². The number of benzene rings is 1. The zero-order valence-electron chi connectivity index (χ0n) is 17.0. The first-order valence-electron chi connectivity index (χ1n) is 9.83. The number of methoxy groups -OCH3 is 2. The maximum absolute atomic E-state index is 12.8. The van der Waals surface area contributed by atoms with Gasteiger partial charge in [0.15, 0.2) is 17.1 Å². The fourth-order valence-electron chi connectivity index (χ4n) is 3.77. The summed E-state index contributed by atoms with van der Waals surface area (Å²) >= 11 is 6.13. The van der Waals surface area contributed by atoms with Gasteiger partial charge in [-0.3, -0.25) is 9.20 Å². The summed E-state index contributed by atoms with van der Waals surface area (Å²) in [5, 5.41) is 12.2. The second-order valence-electron chi connectivity index (χ2n) is 7.27. The number of carbonyl (C=O) groups excluding carboxylic acids is 1. The zero-order valence-corrected chi connectivity index (χ0v) is 17.7. The third-order valence-corrected chi connectivity index (χ3v) is 5.56. The maximum atomic E-state index is 12.8. The van der Waals surface area contributed by atoms with E-state index in [1.807, 2.05) is 28.7 Å². The molecule has 1 atom stereocenters. The van der Waals surface area contributed by atoms with Crippen molar-refractivity contribution in [2.45, 2.75) is 19.4 Å². The monoisotopic (exact) mass is 429 g/mol. The van der Waals surface area contributed by atoms with Crippen LogP contribution < -0.4 is 19.7 Å². The molecule has 3 aromatic rings. The van der Waals surface area contributed by atoms with Crippen molar-refractivity contribution in [1.82, 2.24) is 19.9 Å². The highest BCUT2D eigenvalue weighted by Crippen LogP contribution is 2.28. The fourth-order valence-corrected chi connectivity index (χ4v) is 3.93. The lowest BCUT2D eigenvalue weighted by molar-refractivity contribution is -0.125. The first-order valence-corrected chi connectivity index (χ1v) is 10.2. The Balaban J connectivity index is 1.42. The molecule has 1 amide bonds. The number of nitrogens with zero attached hydrogens (tertiary/aromatic N) is 4. The molecule has 0 bridgehead atoms. The van der Waals surface area contributed by atoms with Crippen LogP contribution in [0.2, 0.25) is 5.02 Å². The Morgan fingerprint density at radius 2 is 2.03 bits per heavy atom. The van der Waals surface area contributed by atoms with E-state index in [2.05, 4.69) is 20.4 Å². The van der Waals surface area contributed by atoms with Gasteiger partial charge in [0.2, 0.25) is 11.9 Å². The predicted octanol–water partition coefficient (Wildman–Crippen LogP) is 2.93. The van der Waals surface area contributed by atoms with Crippen molar-refractivity contribution in [3.05, 3.63) is 47.1 Å². The molecule has 8 nitrogen and oxygen atoms in total. The summed E-state index contributed by atoms with van der Waals surface area (Å²) in [6, 6.07) is 9.25. The summed E-state index contributed by atoms with van der Waals surface area (Å²) in [4.78, 5) is 14.9. The minimum absolute atomic E-state index is 0.0290. The molecule has 2 aromatic heterocycles. The number of fused-ring (bicyclic) bond motifs is 1. The van der Waals surface area contributed by atoms with Crippen LogP contribution in [-0.2, 0) is 11.3 Å². The SMILES string of the molecule is COc1ccc(CNC(=O)C2CCCN(c3nnc4ccc(Cl)cn34)C2)cc1OC. The molecule has 1 saturated heterocycles. The molecule has 1 N–H and O–H groups in total. The van der Waals surface area contributed by atoms with E-state index in [0.29, 0.717) is 35.6 Å². The molecule has 0 saturated carbocycles. The lowest BCUT2D eigenvalue weighted by Crippen LogP contribution is -2.43. The van der Waals surface area contributed by atoms with E-state index in [4.69, 9.17) is 21.1 Å². The Kier molecular flexibility index (Phi) is 5.94. The molecule has 0 spiro atoms. The molecule has 4 rings (SSSR count). The number of hydrogen-bond acceptors (Lipinski definition) is 6. The second-order valence-corrected chi connectivity index (χ2v) is 7.70. The van der Waals surface area contributed by atoms with Crippen LogP contribution in [-0.4, -0.2) is 47.8 Å². The van der Waals surface area contributed by atoms with Crippen LogP contribution in [0.1, 0.15) is 18.4 Å². The average molecular weight is 430 g/mol. The first-order chi connectivity index (χ1) is 14.6. The van der Waals surface area contributed by atoms with Crippen LogP contribution in [0.5, 0.6) is 11.5 Å². The van der Waals surface area contributed by atoms with Gasteiger partial charge in [-0.1, -0.05) is 17.7 Å². The molecule has 0 aliphatic carbocycles. The van der Waals surface area contributed by atoms with Crippen LogP contribution in [0.25, 0.3) is 5.65 Å². The Bertz CT molecular complexity index is 1050. The van der Waals surface area contributed by atoms with Crippen molar-refractivity contribution in [1.29, 1.82) is 0 Å². The van der Waals surface area contributed by atoms with E-state index >= 15 is 0 Å². The summed E-state index contributed by atoms with van der Waals surface area (Å²) in [6.45, 7) is 1.84. The first kappa shape index (κ1) is 20.3. The number of anilines is 1. The summed E-state index contributed by atoms with van der Waals surface area (Å²) in [5.74, 6) is 1.93. The van der Waals surface area contributed by atoms with Crippen LogP contribution in [0, 0.1) is 5.92 Å². The molecule has 9 heteroatoms. The standard InChI is InChI=1S/C21H24ClN5O3/c1-29-17-7-5-14(10-18(17)30-2)11-23-20(28)15-4-3-9-26(12-15)21-25-24-19-8-6-16(22)13-27(19)21/h5-8,10,13,15H,3-4,9,11-12H2,1-2H3,(H,23,28). The third kappa shape index (κ3) is 4.14. The highest BCUT2D eigenvalue weighted by Gasteiger charge is 2.28. The molecule has 158 valence electrons. The number of hydrogen-bond donors (Lipinski definition) is 1. The molecule has 1 aliphatic rings. The molecular formula is C21H24ClN5O3. The number of piperidine rings is 1. The van der Waals surface area contributed by atoms with Crippen molar-refractivity contribution in [3.8, 4) is 11.5 Å². The molecule has 0 radical (unpaired) electrons. The van der Waals surface area contributed by atoms with E-state index in [-0.39, 0.29) is 11.8 Å². The smallest absolute Gasteiger partial charge is 0.231 e. The van der Waals surface area contributed by atoms with Gasteiger partial charge in [0, 0.05) is 25.8 Å². The zero-order chi connectivity index (χ0) is 21.1. The van der Waals surface area contributed by atoms with E-state index < -0.39 is 0 Å². The number of ether oxygens (including phenoxy) is 2. The number of carbonyl (C=O) groups is 1. The predicted molar refractivity (Wildman–Crippen MR) is 114 cm³/mol. The summed E-state index contributed by atoms with van der Waals surface area (Å²) in [7, 11) is 3.19. The van der Waals surface area contributed by atoms with Crippen LogP contribution in [0.15, 0.2) is 36.5 Å². The van der Waals surface area contributed by atoms with E-state index in [0.717, 1.165) is 30.6 Å². The topological polar surface area (TPSA) is 81.0 Å². The molecular weight excluding hydrogens is 406 g/mol. The van der Waals surface area contributed by atoms with Crippen LogP contribution in [0.4, 0.5) is 5.95 Å². The minimum atomic E-state index is -0.120. The average Bonchev–Trinajstić information content (AvgIpc) is 3.20. The third-order valence-electron chi connectivity index (χ3n) is 5.34. The molecule has 1 aromatic carbocycles. The van der Waals surface area contributed by atoms with Gasteiger partial charge in [0.25, 0.3) is 0 Å². The van der Waals surface area contributed by atoms with Crippen molar-refractivity contribution in [2.75, 3.05) is 32.2 Å². The quantitative estimate of drug-likeness (QED) is 0.648. The second kappa shape index (κ2) is 8.79. The van der Waals surface area contributed by atoms with Crippen molar-refractivity contribution >= 4 is 29.1 Å². The lowest BCUT2D eigenvalue weighted by atomic mass is 9.97. The van der Waals surface area contributed by atoms with Gasteiger partial charge in [-0.05, 0) is 42.7 Å². The van der Waals surface area contributed by atoms with E-state index in [1.54, 1.807) is 26.5 Å². The lowest BCUT2D eigenvalue weighted by Gasteiger charge is -2.32. The normalized spacial score (nSPS) is 16.5. The number of halogens is 1. The number of nitrogens with one attached hydrogen (secondary N) is 1. The molecule has 30 heavy (non-hydrogen) atoms. The van der Waals surface area contributed by atoms with Gasteiger partial charge in [-0.15, -0.1) is 10.2 Å². The van der Waals surface area contributed by atoms with Crippen molar-refractivity contribution in [2.24, 2.45) is 5.92 Å². The Morgan fingerprint density at radius 1 is 1.20 bits per heavy atom. The summed E-state index contributed by atoms with van der Waals surface area (Å²) in [6.07, 6.45) is 3.54. The Labute approximate surface area is 179 Å². The number of aromatic nitrogens is 3. The van der Waals surface area contributed by atoms with Gasteiger partial charge in [-0.25, -0.2) is 0 Å². The number of pyridine rings is 1. The van der Waals surface area contributed by atoms with E-state index in [1.165, 1.54) is 0 Å². The van der Waals surface area contributed by atoms with Crippen molar-refractivity contribution < 1.29 is 14.3 Å². The summed E-state index contributed by atoms with van der Waals surface area (Å²) in [5.41, 5.74) is 1.68. The van der Waals surface area contributed by atoms with Gasteiger partial charge in [-0.2, -0.15) is 0 Å². The highest BCUT2D eigenvalue weighted by atomic mass is 35.5. The fraction of sp³-hybridized carbons (Fsp3) is 0.381. The van der Waals surface area contributed by atoms with Crippen molar-refractivity contribution in [3.63, 3.8) is 0 Å². The molecule has 3 heterocycles. The molecule has 1 aliphatic heterocycles. The Hall–Kier alpha value is -3.00. The Morgan fingerprint density at radius 3 is 2.83 bits per heavy atom. The largest absolute Gasteiger partial charge is 0.493 e. The molecule has 1 fully saturated rings. The van der Waals surface area contributed by atoms with E-state index in [9.17, 15) is 4.79 Å². The van der Waals surface area contributed by atoms with Crippen LogP contribution in [0.3, 0.4) is 0 Å². The van der Waals surface area contributed by atoms with Gasteiger partial charge < -0.3 is 19.7 Å². The van der Waals surface area contributed by atoms with Gasteiger partial charge in [0.1, 0.15) is 0 Å². The van der Waals surface area contributed by atoms with Crippen LogP contribution >= 0.6 is 11.6 Å². The minimum Gasteiger partial charge on any atom is -0.493 e. The molecule has 1 unspecified atom stereocenters. The summed E-state index contributed by atoms with van der Waals surface area (Å²) < 4.78 is 12.5. The number of rotatable bonds is 6. The van der Waals surface area contributed by atoms with Gasteiger partial charge >= 0.3 is 0 Å². The highest BCUT2D eigenvalue weighted by molar-refractivity contribution is 6.30.